The summed E-state index contributed by atoms with van der Waals surface area (Å²) in [6.07, 6.45) is 2.04. The topological polar surface area (TPSA) is 41.8 Å². The molecule has 0 unspecified atom stereocenters. The lowest BCUT2D eigenvalue weighted by molar-refractivity contribution is 1.43. The van der Waals surface area contributed by atoms with Crippen LogP contribution in [0.4, 0.5) is 5.69 Å². The van der Waals surface area contributed by atoms with E-state index in [0.29, 0.717) is 0 Å². The van der Waals surface area contributed by atoms with E-state index in [9.17, 15) is 0 Å². The first kappa shape index (κ1) is 9.97. The van der Waals surface area contributed by atoms with Crippen molar-refractivity contribution in [1.82, 2.24) is 4.98 Å². The van der Waals surface area contributed by atoms with Gasteiger partial charge < -0.3 is 10.7 Å². The molecule has 0 bridgehead atoms. The predicted octanol–water partition coefficient (Wildman–Crippen LogP) is 3.73. The van der Waals surface area contributed by atoms with Gasteiger partial charge in [-0.1, -0.05) is 24.3 Å². The van der Waals surface area contributed by atoms with Crippen molar-refractivity contribution in [3.8, 4) is 11.1 Å². The average Bonchev–Trinajstić information content (AvgIpc) is 2.71. The molecule has 0 aliphatic heterocycles. The summed E-state index contributed by atoms with van der Waals surface area (Å²) in [6, 6.07) is 14.4. The van der Waals surface area contributed by atoms with Crippen LogP contribution in [-0.4, -0.2) is 4.98 Å². The van der Waals surface area contributed by atoms with Gasteiger partial charge in [0.05, 0.1) is 0 Å². The first-order chi connectivity index (χ1) is 8.24. The van der Waals surface area contributed by atoms with Gasteiger partial charge >= 0.3 is 0 Å². The highest BCUT2D eigenvalue weighted by Gasteiger charge is 2.02. The van der Waals surface area contributed by atoms with Gasteiger partial charge in [-0.05, 0) is 41.8 Å². The quantitative estimate of drug-likeness (QED) is 0.605. The van der Waals surface area contributed by atoms with Gasteiger partial charge in [0.25, 0.3) is 0 Å². The van der Waals surface area contributed by atoms with Gasteiger partial charge in [-0.2, -0.15) is 0 Å². The Morgan fingerprint density at radius 3 is 2.65 bits per heavy atom. The van der Waals surface area contributed by atoms with Crippen LogP contribution in [0, 0.1) is 6.92 Å². The Hall–Kier alpha value is -2.22. The molecule has 3 N–H and O–H groups in total. The van der Waals surface area contributed by atoms with Gasteiger partial charge in [0.15, 0.2) is 0 Å². The number of benzene rings is 2. The third-order valence-corrected chi connectivity index (χ3v) is 3.11. The van der Waals surface area contributed by atoms with E-state index in [-0.39, 0.29) is 0 Å². The summed E-state index contributed by atoms with van der Waals surface area (Å²) >= 11 is 0. The van der Waals surface area contributed by atoms with E-state index < -0.39 is 0 Å². The first-order valence-electron chi connectivity index (χ1n) is 5.68. The van der Waals surface area contributed by atoms with Crippen molar-refractivity contribution in [2.24, 2.45) is 0 Å². The molecule has 2 aromatic carbocycles. The molecule has 0 spiro atoms. The van der Waals surface area contributed by atoms with Crippen LogP contribution < -0.4 is 5.73 Å². The van der Waals surface area contributed by atoms with E-state index in [1.807, 2.05) is 24.4 Å². The molecule has 0 aliphatic rings. The molecule has 1 aromatic heterocycles. The monoisotopic (exact) mass is 222 g/mol. The number of rotatable bonds is 1. The van der Waals surface area contributed by atoms with Crippen LogP contribution in [0.15, 0.2) is 48.7 Å². The van der Waals surface area contributed by atoms with Gasteiger partial charge in [0, 0.05) is 22.8 Å². The van der Waals surface area contributed by atoms with Crippen LogP contribution in [0.3, 0.4) is 0 Å². The minimum Gasteiger partial charge on any atom is -0.399 e. The Balaban J connectivity index is 2.18. The van der Waals surface area contributed by atoms with E-state index in [2.05, 4.69) is 36.2 Å². The zero-order valence-corrected chi connectivity index (χ0v) is 9.70. The van der Waals surface area contributed by atoms with Crippen molar-refractivity contribution in [2.75, 3.05) is 5.73 Å². The maximum Gasteiger partial charge on any atom is 0.0462 e. The Kier molecular flexibility index (Phi) is 2.15. The molecule has 0 radical (unpaired) electrons. The summed E-state index contributed by atoms with van der Waals surface area (Å²) in [5.74, 6) is 0. The maximum atomic E-state index is 5.80. The number of fused-ring (bicyclic) bond motifs is 1. The van der Waals surface area contributed by atoms with E-state index >= 15 is 0 Å². The van der Waals surface area contributed by atoms with Crippen LogP contribution in [-0.2, 0) is 0 Å². The summed E-state index contributed by atoms with van der Waals surface area (Å²) in [7, 11) is 0. The predicted molar refractivity (Wildman–Crippen MR) is 72.9 cm³/mol. The van der Waals surface area contributed by atoms with Gasteiger partial charge in [-0.3, -0.25) is 0 Å². The number of nitrogens with two attached hydrogens (primary N) is 1. The lowest BCUT2D eigenvalue weighted by atomic mass is 10.0. The van der Waals surface area contributed by atoms with Crippen LogP contribution in [0.2, 0.25) is 0 Å². The molecule has 0 fully saturated rings. The zero-order valence-electron chi connectivity index (χ0n) is 9.70. The largest absolute Gasteiger partial charge is 0.399 e. The number of aromatic nitrogens is 1. The molecular weight excluding hydrogens is 208 g/mol. The van der Waals surface area contributed by atoms with Gasteiger partial charge in [0.1, 0.15) is 0 Å². The highest BCUT2D eigenvalue weighted by molar-refractivity contribution is 5.87. The molecule has 0 saturated carbocycles. The van der Waals surface area contributed by atoms with Crippen LogP contribution >= 0.6 is 0 Å². The third-order valence-electron chi connectivity index (χ3n) is 3.11. The average molecular weight is 222 g/mol. The fourth-order valence-corrected chi connectivity index (χ4v) is 2.17. The van der Waals surface area contributed by atoms with Gasteiger partial charge in [0.2, 0.25) is 0 Å². The Bertz CT molecular complexity index is 680. The summed E-state index contributed by atoms with van der Waals surface area (Å²) in [6.45, 7) is 2.11. The minimum absolute atomic E-state index is 0.797. The molecule has 2 nitrogen and oxygen atoms in total. The van der Waals surface area contributed by atoms with Crippen LogP contribution in [0.25, 0.3) is 22.0 Å². The van der Waals surface area contributed by atoms with E-state index in [1.165, 1.54) is 22.0 Å². The summed E-state index contributed by atoms with van der Waals surface area (Å²) in [5, 5.41) is 1.28. The molecule has 2 heteroatoms. The van der Waals surface area contributed by atoms with Crippen LogP contribution in [0.5, 0.6) is 0 Å². The molecule has 0 aliphatic carbocycles. The minimum atomic E-state index is 0.797. The van der Waals surface area contributed by atoms with E-state index in [0.717, 1.165) is 11.3 Å². The van der Waals surface area contributed by atoms with E-state index in [4.69, 9.17) is 5.73 Å². The third kappa shape index (κ3) is 1.68. The Labute approximate surface area is 100 Å². The molecule has 0 atom stereocenters. The van der Waals surface area contributed by atoms with Crippen molar-refractivity contribution in [3.05, 3.63) is 54.2 Å². The number of aryl methyl sites for hydroxylation is 1. The molecule has 0 saturated heterocycles. The van der Waals surface area contributed by atoms with Crippen molar-refractivity contribution < 1.29 is 0 Å². The lowest BCUT2D eigenvalue weighted by Gasteiger charge is -2.03. The summed E-state index contributed by atoms with van der Waals surface area (Å²) in [4.78, 5) is 3.28. The van der Waals surface area contributed by atoms with E-state index in [1.54, 1.807) is 0 Å². The number of aromatic amines is 1. The molecule has 0 amide bonds. The van der Waals surface area contributed by atoms with Crippen molar-refractivity contribution in [3.63, 3.8) is 0 Å². The summed E-state index contributed by atoms with van der Waals surface area (Å²) in [5.41, 5.74) is 11.4. The Morgan fingerprint density at radius 1 is 1.00 bits per heavy atom. The van der Waals surface area contributed by atoms with Crippen molar-refractivity contribution >= 4 is 16.6 Å². The molecule has 3 rings (SSSR count). The first-order valence-corrected chi connectivity index (χ1v) is 5.68. The second-order valence-corrected chi connectivity index (χ2v) is 4.36. The fraction of sp³-hybridized carbons (Fsp3) is 0.0667. The van der Waals surface area contributed by atoms with Crippen molar-refractivity contribution in [1.29, 1.82) is 0 Å². The highest BCUT2D eigenvalue weighted by Crippen LogP contribution is 2.26. The number of anilines is 1. The normalized spacial score (nSPS) is 10.9. The molecular formula is C15H14N2. The number of H-pyrrole nitrogens is 1. The molecule has 1 heterocycles. The van der Waals surface area contributed by atoms with Crippen LogP contribution in [0.1, 0.15) is 5.56 Å². The molecule has 17 heavy (non-hydrogen) atoms. The lowest BCUT2D eigenvalue weighted by Crippen LogP contribution is -1.85. The molecule has 84 valence electrons. The van der Waals surface area contributed by atoms with Gasteiger partial charge in [-0.15, -0.1) is 0 Å². The fourth-order valence-electron chi connectivity index (χ4n) is 2.17. The standard InChI is InChI=1S/C15H14N2/c1-10-9-17-15-8-12(5-6-14(10)15)11-3-2-4-13(16)7-11/h2-9,17H,16H2,1H3. The number of nitrogens with one attached hydrogen (secondary N) is 1. The van der Waals surface area contributed by atoms with Crippen molar-refractivity contribution in [2.45, 2.75) is 6.92 Å². The smallest absolute Gasteiger partial charge is 0.0462 e. The number of nitrogen functional groups attached to an aromatic ring is 1. The SMILES string of the molecule is Cc1c[nH]c2cc(-c3cccc(N)c3)ccc12. The highest BCUT2D eigenvalue weighted by atomic mass is 14.7. The van der Waals surface area contributed by atoms with Gasteiger partial charge in [-0.25, -0.2) is 0 Å². The second-order valence-electron chi connectivity index (χ2n) is 4.36. The molecule has 3 aromatic rings. The maximum absolute atomic E-state index is 5.80. The second kappa shape index (κ2) is 3.67. The zero-order chi connectivity index (χ0) is 11.8. The number of hydrogen-bond donors (Lipinski definition) is 2. The number of hydrogen-bond acceptors (Lipinski definition) is 1. The summed E-state index contributed by atoms with van der Waals surface area (Å²) < 4.78 is 0. The Morgan fingerprint density at radius 2 is 1.82 bits per heavy atom.